The van der Waals surface area contributed by atoms with Crippen molar-refractivity contribution in [2.45, 2.75) is 62.9 Å². The van der Waals surface area contributed by atoms with Crippen LogP contribution in [-0.4, -0.2) is 44.7 Å². The van der Waals surface area contributed by atoms with Crippen molar-refractivity contribution in [1.82, 2.24) is 10.2 Å². The number of hydrogen-bond donors (Lipinski definition) is 2. The lowest BCUT2D eigenvalue weighted by atomic mass is 9.79. The van der Waals surface area contributed by atoms with Gasteiger partial charge in [0.05, 0.1) is 5.37 Å². The highest BCUT2D eigenvalue weighted by Crippen LogP contribution is 2.35. The summed E-state index contributed by atoms with van der Waals surface area (Å²) in [7, 11) is 0. The monoisotopic (exact) mass is 286 g/mol. The van der Waals surface area contributed by atoms with Crippen LogP contribution in [0, 0.1) is 0 Å². The Hall–Kier alpha value is -0.910. The molecule has 1 aliphatic heterocycles. The van der Waals surface area contributed by atoms with Gasteiger partial charge in [-0.05, 0) is 32.6 Å². The fraction of sp³-hybridized carbons (Fsp3) is 0.846. The van der Waals surface area contributed by atoms with Crippen molar-refractivity contribution >= 4 is 23.8 Å². The van der Waals surface area contributed by atoms with E-state index in [0.717, 1.165) is 32.1 Å². The van der Waals surface area contributed by atoms with Gasteiger partial charge in [-0.2, -0.15) is 0 Å². The van der Waals surface area contributed by atoms with E-state index in [1.165, 1.54) is 0 Å². The van der Waals surface area contributed by atoms with Crippen LogP contribution in [0.4, 0.5) is 4.79 Å². The molecule has 19 heavy (non-hydrogen) atoms. The molecule has 1 aliphatic carbocycles. The maximum Gasteiger partial charge on any atom is 0.327 e. The Morgan fingerprint density at radius 2 is 2.16 bits per heavy atom. The van der Waals surface area contributed by atoms with E-state index in [1.54, 1.807) is 16.7 Å². The van der Waals surface area contributed by atoms with Gasteiger partial charge in [-0.3, -0.25) is 4.90 Å². The highest BCUT2D eigenvalue weighted by Gasteiger charge is 2.43. The summed E-state index contributed by atoms with van der Waals surface area (Å²) in [6.07, 6.45) is 4.89. The molecule has 1 heterocycles. The maximum absolute atomic E-state index is 12.4. The molecular weight excluding hydrogens is 264 g/mol. The minimum atomic E-state index is -0.903. The summed E-state index contributed by atoms with van der Waals surface area (Å²) in [6.45, 7) is 4.08. The van der Waals surface area contributed by atoms with Gasteiger partial charge in [-0.25, -0.2) is 9.59 Å². The summed E-state index contributed by atoms with van der Waals surface area (Å²) < 4.78 is 0. The zero-order valence-corrected chi connectivity index (χ0v) is 12.3. The smallest absolute Gasteiger partial charge is 0.327 e. The van der Waals surface area contributed by atoms with E-state index in [-0.39, 0.29) is 16.9 Å². The van der Waals surface area contributed by atoms with Gasteiger partial charge in [0.2, 0.25) is 0 Å². The van der Waals surface area contributed by atoms with Crippen LogP contribution in [0.2, 0.25) is 0 Å². The number of nitrogens with one attached hydrogen (secondary N) is 1. The Morgan fingerprint density at radius 3 is 2.63 bits per heavy atom. The van der Waals surface area contributed by atoms with Crippen LogP contribution < -0.4 is 5.32 Å². The molecule has 2 aliphatic rings. The molecule has 108 valence electrons. The molecule has 0 radical (unpaired) electrons. The minimum absolute atomic E-state index is 0.00484. The zero-order chi connectivity index (χ0) is 14.0. The quantitative estimate of drug-likeness (QED) is 0.831. The molecule has 2 unspecified atom stereocenters. The van der Waals surface area contributed by atoms with Crippen LogP contribution in [0.15, 0.2) is 0 Å². The fourth-order valence-corrected chi connectivity index (χ4v) is 4.16. The van der Waals surface area contributed by atoms with E-state index < -0.39 is 12.0 Å². The molecule has 0 bridgehead atoms. The third kappa shape index (κ3) is 2.99. The Morgan fingerprint density at radius 1 is 1.47 bits per heavy atom. The van der Waals surface area contributed by atoms with Gasteiger partial charge in [0.15, 0.2) is 0 Å². The Balaban J connectivity index is 2.06. The number of nitrogens with zero attached hydrogens (tertiary/aromatic N) is 1. The third-order valence-electron chi connectivity index (χ3n) is 4.01. The Bertz CT molecular complexity index is 371. The van der Waals surface area contributed by atoms with Crippen molar-refractivity contribution in [2.24, 2.45) is 0 Å². The molecule has 1 saturated carbocycles. The van der Waals surface area contributed by atoms with E-state index in [4.69, 9.17) is 0 Å². The molecule has 2 amide bonds. The van der Waals surface area contributed by atoms with Crippen LogP contribution in [0.5, 0.6) is 0 Å². The fourth-order valence-electron chi connectivity index (χ4n) is 2.65. The molecule has 2 atom stereocenters. The van der Waals surface area contributed by atoms with Gasteiger partial charge in [0.1, 0.15) is 6.04 Å². The normalized spacial score (nSPS) is 28.8. The van der Waals surface area contributed by atoms with Crippen molar-refractivity contribution in [2.75, 3.05) is 5.75 Å². The SMILES string of the molecule is CCCC1SCC(C(=O)O)N1C(=O)NC1(C)CCC1. The summed E-state index contributed by atoms with van der Waals surface area (Å²) >= 11 is 1.58. The third-order valence-corrected chi connectivity index (χ3v) is 5.37. The number of aliphatic carboxylic acids is 1. The van der Waals surface area contributed by atoms with E-state index in [2.05, 4.69) is 12.2 Å². The second kappa shape index (κ2) is 5.61. The average Bonchev–Trinajstić information content (AvgIpc) is 2.71. The van der Waals surface area contributed by atoms with Crippen molar-refractivity contribution < 1.29 is 14.7 Å². The van der Waals surface area contributed by atoms with Crippen molar-refractivity contribution in [3.63, 3.8) is 0 Å². The molecule has 0 spiro atoms. The molecular formula is C13H22N2O3S. The lowest BCUT2D eigenvalue weighted by Gasteiger charge is -2.41. The average molecular weight is 286 g/mol. The molecule has 0 aromatic rings. The summed E-state index contributed by atoms with van der Waals surface area (Å²) in [4.78, 5) is 25.2. The van der Waals surface area contributed by atoms with Crippen LogP contribution >= 0.6 is 11.8 Å². The van der Waals surface area contributed by atoms with E-state index >= 15 is 0 Å². The predicted molar refractivity (Wildman–Crippen MR) is 75.2 cm³/mol. The number of urea groups is 1. The zero-order valence-electron chi connectivity index (χ0n) is 11.5. The van der Waals surface area contributed by atoms with Gasteiger partial charge in [0, 0.05) is 11.3 Å². The number of thioether (sulfide) groups is 1. The number of carboxylic acids is 1. The summed E-state index contributed by atoms with van der Waals surface area (Å²) in [5.41, 5.74) is -0.135. The Labute approximate surface area is 118 Å². The van der Waals surface area contributed by atoms with Crippen LogP contribution in [-0.2, 0) is 4.79 Å². The van der Waals surface area contributed by atoms with Gasteiger partial charge < -0.3 is 10.4 Å². The number of carboxylic acid groups (broad SMARTS) is 1. The predicted octanol–water partition coefficient (Wildman–Crippen LogP) is 2.27. The summed E-state index contributed by atoms with van der Waals surface area (Å²) in [6, 6.07) is -0.900. The Kier molecular flexibility index (Phi) is 4.28. The van der Waals surface area contributed by atoms with Crippen LogP contribution in [0.1, 0.15) is 46.0 Å². The number of amides is 2. The number of hydrogen-bond acceptors (Lipinski definition) is 3. The van der Waals surface area contributed by atoms with Gasteiger partial charge in [0.25, 0.3) is 0 Å². The molecule has 5 nitrogen and oxygen atoms in total. The first-order valence-corrected chi connectivity index (χ1v) is 7.96. The summed E-state index contributed by atoms with van der Waals surface area (Å²) in [5.74, 6) is -0.413. The maximum atomic E-state index is 12.4. The molecule has 6 heteroatoms. The summed E-state index contributed by atoms with van der Waals surface area (Å²) in [5, 5.41) is 12.3. The van der Waals surface area contributed by atoms with E-state index in [9.17, 15) is 14.7 Å². The molecule has 1 saturated heterocycles. The molecule has 2 fully saturated rings. The molecule has 0 aromatic carbocycles. The van der Waals surface area contributed by atoms with E-state index in [1.807, 2.05) is 6.92 Å². The number of carbonyl (C=O) groups is 2. The van der Waals surface area contributed by atoms with Gasteiger partial charge in [-0.1, -0.05) is 13.3 Å². The molecule has 0 aromatic heterocycles. The lowest BCUT2D eigenvalue weighted by molar-refractivity contribution is -0.141. The molecule has 2 N–H and O–H groups in total. The van der Waals surface area contributed by atoms with Crippen molar-refractivity contribution in [3.05, 3.63) is 0 Å². The van der Waals surface area contributed by atoms with E-state index in [0.29, 0.717) is 5.75 Å². The largest absolute Gasteiger partial charge is 0.480 e. The van der Waals surface area contributed by atoms with Crippen molar-refractivity contribution in [1.29, 1.82) is 0 Å². The van der Waals surface area contributed by atoms with Crippen molar-refractivity contribution in [3.8, 4) is 0 Å². The first-order chi connectivity index (χ1) is 8.97. The first-order valence-electron chi connectivity index (χ1n) is 6.92. The van der Waals surface area contributed by atoms with Crippen LogP contribution in [0.3, 0.4) is 0 Å². The number of rotatable bonds is 4. The highest BCUT2D eigenvalue weighted by molar-refractivity contribution is 8.00. The molecule has 2 rings (SSSR count). The topological polar surface area (TPSA) is 69.6 Å². The van der Waals surface area contributed by atoms with Crippen LogP contribution in [0.25, 0.3) is 0 Å². The van der Waals surface area contributed by atoms with Gasteiger partial charge in [-0.15, -0.1) is 11.8 Å². The highest BCUT2D eigenvalue weighted by atomic mass is 32.2. The second-order valence-electron chi connectivity index (χ2n) is 5.68. The standard InChI is InChI=1S/C13H22N2O3S/c1-3-5-10-15(9(8-19-10)11(16)17)12(18)14-13(2)6-4-7-13/h9-10H,3-8H2,1-2H3,(H,14,18)(H,16,17). The first kappa shape index (κ1) is 14.5. The lowest BCUT2D eigenvalue weighted by Crippen LogP contribution is -2.58. The minimum Gasteiger partial charge on any atom is -0.480 e. The number of carbonyl (C=O) groups excluding carboxylic acids is 1. The van der Waals surface area contributed by atoms with Gasteiger partial charge >= 0.3 is 12.0 Å². The second-order valence-corrected chi connectivity index (χ2v) is 6.89.